The summed E-state index contributed by atoms with van der Waals surface area (Å²) in [6.07, 6.45) is 4.76. The fraction of sp³-hybridized carbons (Fsp3) is 0.480. The van der Waals surface area contributed by atoms with Crippen LogP contribution in [0, 0.1) is 0 Å². The Morgan fingerprint density at radius 1 is 1.12 bits per heavy atom. The molecule has 0 bridgehead atoms. The number of carbonyl (C=O) groups excluding carboxylic acids is 1. The van der Waals surface area contributed by atoms with E-state index in [1.165, 1.54) is 0 Å². The van der Waals surface area contributed by atoms with Crippen molar-refractivity contribution >= 4 is 15.9 Å². The smallest absolute Gasteiger partial charge is 0.240 e. The van der Waals surface area contributed by atoms with Crippen molar-refractivity contribution in [2.45, 2.75) is 62.1 Å². The topological polar surface area (TPSA) is 84.9 Å². The molecule has 1 heterocycles. The van der Waals surface area contributed by atoms with Crippen molar-refractivity contribution in [2.24, 2.45) is 0 Å². The zero-order valence-electron chi connectivity index (χ0n) is 19.0. The summed E-state index contributed by atoms with van der Waals surface area (Å²) in [5, 5.41) is 0. The van der Waals surface area contributed by atoms with E-state index in [9.17, 15) is 13.2 Å². The van der Waals surface area contributed by atoms with E-state index in [2.05, 4.69) is 4.72 Å². The first kappa shape index (κ1) is 23.7. The number of ether oxygens (including phenoxy) is 2. The summed E-state index contributed by atoms with van der Waals surface area (Å²) < 4.78 is 38.5. The molecule has 1 amide bonds. The zero-order chi connectivity index (χ0) is 23.3. The number of rotatable bonds is 11. The highest BCUT2D eigenvalue weighted by Crippen LogP contribution is 2.23. The van der Waals surface area contributed by atoms with Gasteiger partial charge in [0.05, 0.1) is 18.1 Å². The minimum Gasteiger partial charge on any atom is -0.497 e. The number of hydrogen-bond donors (Lipinski definition) is 1. The lowest BCUT2D eigenvalue weighted by Gasteiger charge is -2.26. The summed E-state index contributed by atoms with van der Waals surface area (Å²) in [7, 11) is -1.83. The highest BCUT2D eigenvalue weighted by atomic mass is 32.2. The summed E-state index contributed by atoms with van der Waals surface area (Å²) in [6.45, 7) is 1.82. The normalized spacial score (nSPS) is 18.3. The van der Waals surface area contributed by atoms with Gasteiger partial charge in [0.2, 0.25) is 15.9 Å². The van der Waals surface area contributed by atoms with E-state index in [0.29, 0.717) is 25.9 Å². The highest BCUT2D eigenvalue weighted by Gasteiger charge is 2.28. The molecule has 0 radical (unpaired) electrons. The fourth-order valence-electron chi connectivity index (χ4n) is 4.01. The van der Waals surface area contributed by atoms with Gasteiger partial charge in [0, 0.05) is 32.2 Å². The van der Waals surface area contributed by atoms with E-state index < -0.39 is 10.0 Å². The summed E-state index contributed by atoms with van der Waals surface area (Å²) in [5.74, 6) is 0.823. The van der Waals surface area contributed by atoms with Gasteiger partial charge in [-0.05, 0) is 67.5 Å². The molecule has 7 nitrogen and oxygen atoms in total. The molecule has 1 aliphatic heterocycles. The molecule has 178 valence electrons. The van der Waals surface area contributed by atoms with E-state index in [4.69, 9.17) is 9.47 Å². The van der Waals surface area contributed by atoms with Gasteiger partial charge in [0.15, 0.2) is 0 Å². The van der Waals surface area contributed by atoms with Gasteiger partial charge in [0.25, 0.3) is 0 Å². The average Bonchev–Trinajstić information content (AvgIpc) is 3.47. The van der Waals surface area contributed by atoms with Crippen molar-refractivity contribution in [3.63, 3.8) is 0 Å². The molecule has 0 aromatic heterocycles. The van der Waals surface area contributed by atoms with Crippen molar-refractivity contribution in [3.8, 4) is 5.75 Å². The maximum atomic E-state index is 13.2. The lowest BCUT2D eigenvalue weighted by molar-refractivity contribution is -0.133. The predicted molar refractivity (Wildman–Crippen MR) is 125 cm³/mol. The van der Waals surface area contributed by atoms with Crippen LogP contribution in [0.5, 0.6) is 5.75 Å². The molecule has 4 rings (SSSR count). The maximum Gasteiger partial charge on any atom is 0.240 e. The van der Waals surface area contributed by atoms with Crippen molar-refractivity contribution in [1.29, 1.82) is 0 Å². The first-order chi connectivity index (χ1) is 15.9. The van der Waals surface area contributed by atoms with Gasteiger partial charge in [-0.1, -0.05) is 24.3 Å². The van der Waals surface area contributed by atoms with E-state index in [1.807, 2.05) is 29.2 Å². The number of methoxy groups -OCH3 is 1. The minimum absolute atomic E-state index is 0.0559. The quantitative estimate of drug-likeness (QED) is 0.543. The highest BCUT2D eigenvalue weighted by molar-refractivity contribution is 7.89. The number of sulfonamides is 1. The molecule has 2 aromatic rings. The van der Waals surface area contributed by atoms with Gasteiger partial charge >= 0.3 is 0 Å². The number of carbonyl (C=O) groups is 1. The number of nitrogens with zero attached hydrogens (tertiary/aromatic N) is 1. The van der Waals surface area contributed by atoms with E-state index in [1.54, 1.807) is 31.4 Å². The summed E-state index contributed by atoms with van der Waals surface area (Å²) in [4.78, 5) is 15.3. The Bertz CT molecular complexity index is 1040. The first-order valence-corrected chi connectivity index (χ1v) is 13.0. The molecule has 2 fully saturated rings. The maximum absolute atomic E-state index is 13.2. The number of hydrogen-bond acceptors (Lipinski definition) is 5. The van der Waals surface area contributed by atoms with E-state index >= 15 is 0 Å². The van der Waals surface area contributed by atoms with Gasteiger partial charge in [0.1, 0.15) is 5.75 Å². The molecule has 2 aliphatic rings. The van der Waals surface area contributed by atoms with Crippen LogP contribution in [-0.4, -0.2) is 51.6 Å². The third kappa shape index (κ3) is 6.79. The molecular weight excluding hydrogens is 440 g/mol. The molecular formula is C25H32N2O5S. The number of benzene rings is 2. The molecule has 0 spiro atoms. The SMILES string of the molecule is COc1cccc(CN(CC2CCCO2)C(=O)CCc2ccc(S(=O)(=O)NC3CC3)cc2)c1. The van der Waals surface area contributed by atoms with Gasteiger partial charge in [-0.3, -0.25) is 4.79 Å². The molecule has 8 heteroatoms. The molecule has 1 aliphatic carbocycles. The Balaban J connectivity index is 1.38. The van der Waals surface area contributed by atoms with E-state index in [0.717, 1.165) is 49.2 Å². The van der Waals surface area contributed by atoms with Crippen LogP contribution >= 0.6 is 0 Å². The van der Waals surface area contributed by atoms with Crippen LogP contribution in [0.3, 0.4) is 0 Å². The molecule has 1 saturated heterocycles. The second kappa shape index (κ2) is 10.7. The second-order valence-corrected chi connectivity index (χ2v) is 10.5. The van der Waals surface area contributed by atoms with Crippen LogP contribution in [0.25, 0.3) is 0 Å². The van der Waals surface area contributed by atoms with Crippen LogP contribution in [-0.2, 0) is 32.5 Å². The van der Waals surface area contributed by atoms with Crippen LogP contribution in [0.4, 0.5) is 0 Å². The Morgan fingerprint density at radius 3 is 2.58 bits per heavy atom. The predicted octanol–water partition coefficient (Wildman–Crippen LogP) is 3.28. The Kier molecular flexibility index (Phi) is 7.67. The number of amides is 1. The molecule has 2 aromatic carbocycles. The van der Waals surface area contributed by atoms with E-state index in [-0.39, 0.29) is 22.9 Å². The Morgan fingerprint density at radius 2 is 1.91 bits per heavy atom. The van der Waals surface area contributed by atoms with Crippen molar-refractivity contribution in [1.82, 2.24) is 9.62 Å². The zero-order valence-corrected chi connectivity index (χ0v) is 19.9. The Hall–Kier alpha value is -2.42. The molecule has 1 N–H and O–H groups in total. The van der Waals surface area contributed by atoms with Gasteiger partial charge < -0.3 is 14.4 Å². The Labute approximate surface area is 196 Å². The standard InChI is InChI=1S/C25H32N2O5S/c1-31-22-5-2-4-20(16-22)17-27(18-23-6-3-15-32-23)25(28)14-9-19-7-12-24(13-8-19)33(29,30)26-21-10-11-21/h2,4-5,7-8,12-13,16,21,23,26H,3,6,9-11,14-15,17-18H2,1H3. The van der Waals surface area contributed by atoms with Crippen LogP contribution in [0.15, 0.2) is 53.4 Å². The summed E-state index contributed by atoms with van der Waals surface area (Å²) in [5.41, 5.74) is 1.95. The van der Waals surface area contributed by atoms with Crippen LogP contribution in [0.2, 0.25) is 0 Å². The fourth-order valence-corrected chi connectivity index (χ4v) is 5.32. The molecule has 33 heavy (non-hydrogen) atoms. The second-order valence-electron chi connectivity index (χ2n) is 8.80. The van der Waals surface area contributed by atoms with Crippen molar-refractivity contribution in [3.05, 3.63) is 59.7 Å². The largest absolute Gasteiger partial charge is 0.497 e. The van der Waals surface area contributed by atoms with Gasteiger partial charge in [-0.2, -0.15) is 0 Å². The third-order valence-corrected chi connectivity index (χ3v) is 7.61. The molecule has 1 atom stereocenters. The van der Waals surface area contributed by atoms with Gasteiger partial charge in [-0.15, -0.1) is 0 Å². The lowest BCUT2D eigenvalue weighted by atomic mass is 10.1. The minimum atomic E-state index is -3.46. The van der Waals surface area contributed by atoms with Crippen molar-refractivity contribution < 1.29 is 22.7 Å². The van der Waals surface area contributed by atoms with Crippen molar-refractivity contribution in [2.75, 3.05) is 20.3 Å². The molecule has 1 saturated carbocycles. The van der Waals surface area contributed by atoms with Gasteiger partial charge in [-0.25, -0.2) is 13.1 Å². The monoisotopic (exact) mass is 472 g/mol. The summed E-state index contributed by atoms with van der Waals surface area (Å²) in [6, 6.07) is 14.7. The molecule has 1 unspecified atom stereocenters. The third-order valence-electron chi connectivity index (χ3n) is 6.07. The average molecular weight is 473 g/mol. The first-order valence-electron chi connectivity index (χ1n) is 11.6. The summed E-state index contributed by atoms with van der Waals surface area (Å²) >= 11 is 0. The number of aryl methyl sites for hydroxylation is 1. The van der Waals surface area contributed by atoms with Crippen LogP contribution in [0.1, 0.15) is 43.2 Å². The van der Waals surface area contributed by atoms with Crippen LogP contribution < -0.4 is 9.46 Å². The number of nitrogens with one attached hydrogen (secondary N) is 1. The lowest BCUT2D eigenvalue weighted by Crippen LogP contribution is -2.37.